The summed E-state index contributed by atoms with van der Waals surface area (Å²) >= 11 is 4.98. The van der Waals surface area contributed by atoms with Crippen molar-refractivity contribution in [2.24, 2.45) is 4.99 Å². The maximum atomic E-state index is 14.3. The average Bonchev–Trinajstić information content (AvgIpc) is 3.54. The highest BCUT2D eigenvalue weighted by Gasteiger charge is 2.35. The van der Waals surface area contributed by atoms with Gasteiger partial charge < -0.3 is 18.8 Å². The van der Waals surface area contributed by atoms with E-state index in [0.717, 1.165) is 33.8 Å². The number of methoxy groups -OCH3 is 1. The van der Waals surface area contributed by atoms with Crippen molar-refractivity contribution in [1.82, 2.24) is 9.13 Å². The number of fused-ring (bicyclic) bond motifs is 1. The van der Waals surface area contributed by atoms with Crippen LogP contribution in [0, 0.1) is 13.8 Å². The number of benzene rings is 3. The van der Waals surface area contributed by atoms with Crippen LogP contribution in [-0.4, -0.2) is 35.4 Å². The molecule has 0 bridgehead atoms. The van der Waals surface area contributed by atoms with Crippen molar-refractivity contribution in [2.75, 3.05) is 20.3 Å². The topological polar surface area (TPSA) is 84.1 Å². The predicted octanol–water partition coefficient (Wildman–Crippen LogP) is 7.04. The van der Waals surface area contributed by atoms with Gasteiger partial charge in [-0.15, -0.1) is 0 Å². The summed E-state index contributed by atoms with van der Waals surface area (Å²) in [6.07, 6.45) is 1.91. The van der Waals surface area contributed by atoms with E-state index in [0.29, 0.717) is 48.7 Å². The molecule has 0 spiro atoms. The minimum atomic E-state index is -0.808. The summed E-state index contributed by atoms with van der Waals surface area (Å²) in [5.74, 6) is 0.505. The van der Waals surface area contributed by atoms with E-state index in [2.05, 4.69) is 76.8 Å². The van der Waals surface area contributed by atoms with Crippen molar-refractivity contribution in [3.05, 3.63) is 131 Å². The SMILES string of the molecule is CCOC(=O)C1=C(C)N=c2s/c(=C/c3cc(C)n(-c4ccc(-c5ccccc5)cc4)c3C)c(=O)n2[C@@H]1c1cc(OC)c(OCC)cc1Br. The van der Waals surface area contributed by atoms with Gasteiger partial charge >= 0.3 is 5.97 Å². The molecule has 1 atom stereocenters. The number of ether oxygens (including phenoxy) is 3. The van der Waals surface area contributed by atoms with Gasteiger partial charge in [0.1, 0.15) is 0 Å². The van der Waals surface area contributed by atoms with Crippen molar-refractivity contribution in [2.45, 2.75) is 40.7 Å². The summed E-state index contributed by atoms with van der Waals surface area (Å²) in [4.78, 5) is 33.0. The Labute approximate surface area is 291 Å². The molecule has 1 aliphatic heterocycles. The zero-order valence-corrected chi connectivity index (χ0v) is 30.1. The summed E-state index contributed by atoms with van der Waals surface area (Å²) in [7, 11) is 1.56. The number of thiazole rings is 1. The highest BCUT2D eigenvalue weighted by atomic mass is 79.9. The van der Waals surface area contributed by atoms with Crippen molar-refractivity contribution < 1.29 is 19.0 Å². The number of hydrogen-bond donors (Lipinski definition) is 0. The van der Waals surface area contributed by atoms with Crippen molar-refractivity contribution in [3.63, 3.8) is 0 Å². The van der Waals surface area contributed by atoms with E-state index < -0.39 is 12.0 Å². The number of carbonyl (C=O) groups is 1. The number of esters is 1. The Morgan fingerprint density at radius 1 is 0.958 bits per heavy atom. The normalized spacial score (nSPS) is 14.5. The van der Waals surface area contributed by atoms with Crippen LogP contribution in [0.4, 0.5) is 0 Å². The first-order chi connectivity index (χ1) is 23.2. The maximum absolute atomic E-state index is 14.3. The molecular weight excluding hydrogens is 690 g/mol. The zero-order chi connectivity index (χ0) is 34.1. The quantitative estimate of drug-likeness (QED) is 0.152. The molecule has 0 amide bonds. The summed E-state index contributed by atoms with van der Waals surface area (Å²) in [5, 5.41) is 0. The van der Waals surface area contributed by atoms with Gasteiger partial charge in [0.2, 0.25) is 0 Å². The predicted molar refractivity (Wildman–Crippen MR) is 193 cm³/mol. The molecule has 0 aliphatic carbocycles. The van der Waals surface area contributed by atoms with Crippen LogP contribution in [-0.2, 0) is 9.53 Å². The third-order valence-corrected chi connectivity index (χ3v) is 10.1. The van der Waals surface area contributed by atoms with Crippen LogP contribution in [0.25, 0.3) is 22.9 Å². The van der Waals surface area contributed by atoms with Crippen LogP contribution in [0.3, 0.4) is 0 Å². The van der Waals surface area contributed by atoms with Gasteiger partial charge in [0.25, 0.3) is 5.56 Å². The van der Waals surface area contributed by atoms with E-state index in [9.17, 15) is 9.59 Å². The van der Waals surface area contributed by atoms with Gasteiger partial charge in [-0.05, 0) is 93.3 Å². The molecule has 0 saturated carbocycles. The van der Waals surface area contributed by atoms with Gasteiger partial charge in [-0.1, -0.05) is 69.7 Å². The molecule has 2 aromatic heterocycles. The minimum Gasteiger partial charge on any atom is -0.493 e. The number of nitrogens with zero attached hydrogens (tertiary/aromatic N) is 3. The minimum absolute atomic E-state index is 0.186. The number of carbonyl (C=O) groups excluding carboxylic acids is 1. The van der Waals surface area contributed by atoms with E-state index in [1.807, 2.05) is 31.2 Å². The van der Waals surface area contributed by atoms with Crippen LogP contribution >= 0.6 is 27.3 Å². The molecule has 8 nitrogen and oxygen atoms in total. The van der Waals surface area contributed by atoms with Crippen LogP contribution in [0.2, 0.25) is 0 Å². The molecule has 3 aromatic carbocycles. The third kappa shape index (κ3) is 6.06. The monoisotopic (exact) mass is 725 g/mol. The third-order valence-electron chi connectivity index (χ3n) is 8.38. The number of aromatic nitrogens is 2. The molecule has 0 N–H and O–H groups in total. The molecule has 0 saturated heterocycles. The highest BCUT2D eigenvalue weighted by Crippen LogP contribution is 2.41. The Hall–Kier alpha value is -4.67. The van der Waals surface area contributed by atoms with Gasteiger partial charge in [0, 0.05) is 21.5 Å². The van der Waals surface area contributed by atoms with Crippen LogP contribution in [0.15, 0.2) is 98.3 Å². The number of aryl methyl sites for hydroxylation is 1. The van der Waals surface area contributed by atoms with Gasteiger partial charge in [0.05, 0.1) is 42.2 Å². The second kappa shape index (κ2) is 13.8. The summed E-state index contributed by atoms with van der Waals surface area (Å²) in [5.41, 5.74) is 7.49. The Kier molecular flexibility index (Phi) is 9.57. The lowest BCUT2D eigenvalue weighted by Crippen LogP contribution is -2.40. The Balaban J connectivity index is 1.47. The van der Waals surface area contributed by atoms with Gasteiger partial charge in [0.15, 0.2) is 16.3 Å². The molecule has 0 fully saturated rings. The lowest BCUT2D eigenvalue weighted by Gasteiger charge is -2.26. The number of allylic oxidation sites excluding steroid dienone is 1. The van der Waals surface area contributed by atoms with Crippen LogP contribution in [0.5, 0.6) is 11.5 Å². The second-order valence-electron chi connectivity index (χ2n) is 11.3. The largest absolute Gasteiger partial charge is 0.493 e. The molecule has 3 heterocycles. The first-order valence-electron chi connectivity index (χ1n) is 15.7. The fourth-order valence-electron chi connectivity index (χ4n) is 6.18. The summed E-state index contributed by atoms with van der Waals surface area (Å²) in [6.45, 7) is 10.2. The van der Waals surface area contributed by atoms with Crippen molar-refractivity contribution >= 4 is 39.3 Å². The molecule has 0 unspecified atom stereocenters. The van der Waals surface area contributed by atoms with Crippen molar-refractivity contribution in [3.8, 4) is 28.3 Å². The summed E-state index contributed by atoms with van der Waals surface area (Å²) < 4.78 is 21.8. The van der Waals surface area contributed by atoms with Gasteiger partial charge in [-0.3, -0.25) is 9.36 Å². The average molecular weight is 727 g/mol. The fourth-order valence-corrected chi connectivity index (χ4v) is 7.76. The molecule has 6 rings (SSSR count). The van der Waals surface area contributed by atoms with Gasteiger partial charge in [-0.2, -0.15) is 0 Å². The van der Waals surface area contributed by atoms with E-state index >= 15 is 0 Å². The second-order valence-corrected chi connectivity index (χ2v) is 13.2. The zero-order valence-electron chi connectivity index (χ0n) is 27.7. The summed E-state index contributed by atoms with van der Waals surface area (Å²) in [6, 6.07) is 23.6. The number of halogens is 1. The molecule has 5 aromatic rings. The molecular formula is C38H36BrN3O5S. The Morgan fingerprint density at radius 3 is 2.33 bits per heavy atom. The highest BCUT2D eigenvalue weighted by molar-refractivity contribution is 9.10. The van der Waals surface area contributed by atoms with Crippen LogP contribution in [0.1, 0.15) is 49.3 Å². The van der Waals surface area contributed by atoms with E-state index in [1.165, 1.54) is 11.3 Å². The first kappa shape index (κ1) is 33.2. The first-order valence-corrected chi connectivity index (χ1v) is 17.3. The van der Waals surface area contributed by atoms with E-state index in [-0.39, 0.29) is 12.2 Å². The molecule has 10 heteroatoms. The van der Waals surface area contributed by atoms with Gasteiger partial charge in [-0.25, -0.2) is 9.79 Å². The fraction of sp³-hybridized carbons (Fsp3) is 0.237. The van der Waals surface area contributed by atoms with E-state index in [4.69, 9.17) is 19.2 Å². The Morgan fingerprint density at radius 2 is 1.67 bits per heavy atom. The lowest BCUT2D eigenvalue weighted by atomic mass is 9.95. The van der Waals surface area contributed by atoms with Crippen LogP contribution < -0.4 is 24.4 Å². The smallest absolute Gasteiger partial charge is 0.338 e. The van der Waals surface area contributed by atoms with Crippen molar-refractivity contribution in [1.29, 1.82) is 0 Å². The molecule has 1 aliphatic rings. The standard InChI is InChI=1S/C38H36BrN3O5S/c1-7-46-32-21-30(39)29(20-31(32)45-6)35-34(37(44)47-8-2)23(4)40-38-42(35)36(43)33(48-38)19-27-18-22(3)41(24(27)5)28-16-14-26(15-17-28)25-12-10-9-11-13-25/h9-21,35H,7-8H2,1-6H3/b33-19+/t35-/m1/s1. The van der Waals surface area contributed by atoms with E-state index in [1.54, 1.807) is 37.7 Å². The lowest BCUT2D eigenvalue weighted by molar-refractivity contribution is -0.139. The number of hydrogen-bond acceptors (Lipinski definition) is 7. The molecule has 48 heavy (non-hydrogen) atoms. The number of rotatable bonds is 9. The maximum Gasteiger partial charge on any atom is 0.338 e. The molecule has 246 valence electrons. The molecule has 0 radical (unpaired) electrons. The Bertz CT molecular complexity index is 2230.